The number of carbonyl (C=O) groups is 1. The molecule has 35 heavy (non-hydrogen) atoms. The molecule has 0 radical (unpaired) electrons. The van der Waals surface area contributed by atoms with Crippen LogP contribution in [0.3, 0.4) is 0 Å². The third-order valence-electron chi connectivity index (χ3n) is 4.78. The van der Waals surface area contributed by atoms with Crippen molar-refractivity contribution < 1.29 is 36.7 Å². The quantitative estimate of drug-likeness (QED) is 0.0745. The van der Waals surface area contributed by atoms with Crippen LogP contribution < -0.4 is 10.2 Å². The molecule has 2 N–H and O–H groups in total. The van der Waals surface area contributed by atoms with E-state index in [0.29, 0.717) is 34.4 Å². The number of halogens is 5. The molecule has 0 fully saturated rings. The molecule has 0 aromatic heterocycles. The fourth-order valence-electron chi connectivity index (χ4n) is 3.00. The Bertz CT molecular complexity index is 1190. The van der Waals surface area contributed by atoms with Gasteiger partial charge in [-0.3, -0.25) is 10.0 Å². The van der Waals surface area contributed by atoms with Crippen LogP contribution in [0.2, 0.25) is 0 Å². The number of rotatable bonds is 9. The standard InChI is InChI=1S/C24H19F5N2O3S/c1-34-17-9-6-16(7-10-17)13-31(35-24-22(28)20(26)19(25)21(27)23(24)29)12-15-4-2-14(3-5-15)8-11-18(32)30-33/h2-11,33H,12-13H2,1H3,(H,30,32)/b11-8+. The molecule has 5 nitrogen and oxygen atoms in total. The summed E-state index contributed by atoms with van der Waals surface area (Å²) in [6.45, 7) is 0.184. The molecular formula is C24H19F5N2O3S. The van der Waals surface area contributed by atoms with Crippen molar-refractivity contribution in [3.63, 3.8) is 0 Å². The highest BCUT2D eigenvalue weighted by atomic mass is 32.2. The van der Waals surface area contributed by atoms with Gasteiger partial charge in [-0.15, -0.1) is 0 Å². The molecule has 0 atom stereocenters. The van der Waals surface area contributed by atoms with Crippen molar-refractivity contribution in [3.8, 4) is 5.75 Å². The minimum absolute atomic E-state index is 0.0807. The maximum absolute atomic E-state index is 14.3. The molecule has 11 heteroatoms. The summed E-state index contributed by atoms with van der Waals surface area (Å²) in [4.78, 5) is 10.1. The molecule has 1 amide bonds. The SMILES string of the molecule is COc1ccc(CN(Cc2ccc(/C=C/C(=O)NO)cc2)Sc2c(F)c(F)c(F)c(F)c2F)cc1. The van der Waals surface area contributed by atoms with Gasteiger partial charge >= 0.3 is 0 Å². The molecule has 0 bridgehead atoms. The van der Waals surface area contributed by atoms with Crippen LogP contribution in [0.5, 0.6) is 5.75 Å². The Labute approximate surface area is 201 Å². The highest BCUT2D eigenvalue weighted by molar-refractivity contribution is 7.97. The molecule has 0 heterocycles. The first-order valence-electron chi connectivity index (χ1n) is 10.0. The van der Waals surface area contributed by atoms with E-state index in [0.717, 1.165) is 6.08 Å². The number of hydroxylamine groups is 1. The number of ether oxygens (including phenoxy) is 1. The first-order chi connectivity index (χ1) is 16.7. The number of benzene rings is 3. The van der Waals surface area contributed by atoms with Crippen LogP contribution in [0, 0.1) is 29.1 Å². The zero-order chi connectivity index (χ0) is 25.5. The molecule has 0 saturated carbocycles. The number of nitrogens with one attached hydrogen (secondary N) is 1. The van der Waals surface area contributed by atoms with Crippen LogP contribution >= 0.6 is 11.9 Å². The first kappa shape index (κ1) is 26.2. The first-order valence-corrected chi connectivity index (χ1v) is 10.8. The van der Waals surface area contributed by atoms with Crippen LogP contribution in [0.25, 0.3) is 6.08 Å². The highest BCUT2D eigenvalue weighted by Crippen LogP contribution is 2.35. The fourth-order valence-corrected chi connectivity index (χ4v) is 4.02. The summed E-state index contributed by atoms with van der Waals surface area (Å²) in [6.07, 6.45) is 2.57. The van der Waals surface area contributed by atoms with E-state index in [2.05, 4.69) is 0 Å². The molecule has 3 aromatic rings. The molecule has 0 spiro atoms. The lowest BCUT2D eigenvalue weighted by atomic mass is 10.1. The van der Waals surface area contributed by atoms with E-state index in [4.69, 9.17) is 9.94 Å². The molecule has 0 saturated heterocycles. The molecule has 0 aliphatic carbocycles. The van der Waals surface area contributed by atoms with Crippen LogP contribution in [-0.2, 0) is 17.9 Å². The maximum Gasteiger partial charge on any atom is 0.267 e. The van der Waals surface area contributed by atoms with Crippen molar-refractivity contribution >= 4 is 23.9 Å². The summed E-state index contributed by atoms with van der Waals surface area (Å²) in [6, 6.07) is 13.5. The van der Waals surface area contributed by atoms with Crippen molar-refractivity contribution in [2.45, 2.75) is 18.0 Å². The van der Waals surface area contributed by atoms with Gasteiger partial charge in [0.1, 0.15) is 10.6 Å². The molecule has 0 unspecified atom stereocenters. The molecule has 0 aliphatic heterocycles. The number of hydrogen-bond donors (Lipinski definition) is 2. The summed E-state index contributed by atoms with van der Waals surface area (Å²) in [5.74, 6) is -10.2. The van der Waals surface area contributed by atoms with Gasteiger partial charge in [0.25, 0.3) is 5.91 Å². The zero-order valence-corrected chi connectivity index (χ0v) is 19.0. The predicted octanol–water partition coefficient (Wildman–Crippen LogP) is 5.62. The van der Waals surface area contributed by atoms with Gasteiger partial charge in [-0.05, 0) is 46.8 Å². The second-order valence-electron chi connectivity index (χ2n) is 7.19. The van der Waals surface area contributed by atoms with Crippen LogP contribution in [0.4, 0.5) is 22.0 Å². The van der Waals surface area contributed by atoms with Gasteiger partial charge < -0.3 is 4.74 Å². The summed E-state index contributed by atoms with van der Waals surface area (Å²) in [7, 11) is 1.50. The van der Waals surface area contributed by atoms with E-state index >= 15 is 0 Å². The second-order valence-corrected chi connectivity index (χ2v) is 8.29. The topological polar surface area (TPSA) is 61.8 Å². The smallest absolute Gasteiger partial charge is 0.267 e. The van der Waals surface area contributed by atoms with Gasteiger partial charge in [0.05, 0.1) is 7.11 Å². The normalized spacial score (nSPS) is 11.3. The lowest BCUT2D eigenvalue weighted by Crippen LogP contribution is -2.17. The Balaban J connectivity index is 1.89. The summed E-state index contributed by atoms with van der Waals surface area (Å²) in [5, 5.41) is 8.53. The molecule has 184 valence electrons. The van der Waals surface area contributed by atoms with E-state index in [-0.39, 0.29) is 13.1 Å². The average Bonchev–Trinajstić information content (AvgIpc) is 2.88. The van der Waals surface area contributed by atoms with E-state index in [1.54, 1.807) is 48.5 Å². The summed E-state index contributed by atoms with van der Waals surface area (Å²) in [5.41, 5.74) is 3.47. The monoisotopic (exact) mass is 510 g/mol. The highest BCUT2D eigenvalue weighted by Gasteiger charge is 2.27. The third-order valence-corrected chi connectivity index (χ3v) is 5.84. The second kappa shape index (κ2) is 11.8. The molecule has 3 rings (SSSR count). The Morgan fingerprint density at radius 1 is 0.886 bits per heavy atom. The Morgan fingerprint density at radius 3 is 1.86 bits per heavy atom. The van der Waals surface area contributed by atoms with E-state index in [1.165, 1.54) is 23.0 Å². The van der Waals surface area contributed by atoms with Gasteiger partial charge in [0, 0.05) is 19.2 Å². The Kier molecular flexibility index (Phi) is 8.85. The van der Waals surface area contributed by atoms with Crippen molar-refractivity contribution in [2.24, 2.45) is 0 Å². The van der Waals surface area contributed by atoms with Crippen LogP contribution in [0.15, 0.2) is 59.5 Å². The molecule has 3 aromatic carbocycles. The minimum Gasteiger partial charge on any atom is -0.497 e. The summed E-state index contributed by atoms with van der Waals surface area (Å²) < 4.78 is 76.1. The number of hydrogen-bond acceptors (Lipinski definition) is 5. The minimum atomic E-state index is -2.22. The maximum atomic E-state index is 14.3. The van der Waals surface area contributed by atoms with Gasteiger partial charge in [-0.2, -0.15) is 0 Å². The average molecular weight is 510 g/mol. The Hall–Kier alpha value is -3.41. The van der Waals surface area contributed by atoms with Crippen LogP contribution in [0.1, 0.15) is 16.7 Å². The van der Waals surface area contributed by atoms with E-state index in [9.17, 15) is 26.7 Å². The number of amides is 1. The predicted molar refractivity (Wildman–Crippen MR) is 120 cm³/mol. The number of methoxy groups -OCH3 is 1. The van der Waals surface area contributed by atoms with E-state index < -0.39 is 39.9 Å². The Morgan fingerprint density at radius 2 is 1.37 bits per heavy atom. The van der Waals surface area contributed by atoms with Gasteiger partial charge in [-0.25, -0.2) is 31.7 Å². The van der Waals surface area contributed by atoms with Crippen molar-refractivity contribution in [3.05, 3.63) is 100 Å². The molecule has 0 aliphatic rings. The van der Waals surface area contributed by atoms with Gasteiger partial charge in [0.2, 0.25) is 5.82 Å². The molecular weight excluding hydrogens is 491 g/mol. The van der Waals surface area contributed by atoms with Crippen molar-refractivity contribution in [1.29, 1.82) is 0 Å². The lowest BCUT2D eigenvalue weighted by molar-refractivity contribution is -0.124. The van der Waals surface area contributed by atoms with E-state index in [1.807, 2.05) is 0 Å². The van der Waals surface area contributed by atoms with Crippen molar-refractivity contribution in [2.75, 3.05) is 7.11 Å². The summed E-state index contributed by atoms with van der Waals surface area (Å²) >= 11 is 0.411. The van der Waals surface area contributed by atoms with Crippen LogP contribution in [-0.4, -0.2) is 22.5 Å². The zero-order valence-electron chi connectivity index (χ0n) is 18.2. The number of carbonyl (C=O) groups excluding carboxylic acids is 1. The largest absolute Gasteiger partial charge is 0.497 e. The fraction of sp³-hybridized carbons (Fsp3) is 0.125. The van der Waals surface area contributed by atoms with Crippen molar-refractivity contribution in [1.82, 2.24) is 9.79 Å². The third kappa shape index (κ3) is 6.59. The number of nitrogens with zero attached hydrogens (tertiary/aromatic N) is 1. The van der Waals surface area contributed by atoms with Gasteiger partial charge in [-0.1, -0.05) is 36.4 Å². The van der Waals surface area contributed by atoms with Gasteiger partial charge in [0.15, 0.2) is 23.3 Å². The lowest BCUT2D eigenvalue weighted by Gasteiger charge is -2.22.